The van der Waals surface area contributed by atoms with Crippen LogP contribution in [-0.2, 0) is 0 Å². The lowest BCUT2D eigenvalue weighted by Crippen LogP contribution is -1.79. The van der Waals surface area contributed by atoms with Gasteiger partial charge in [-0.1, -0.05) is 12.1 Å². The first kappa shape index (κ1) is 9.25. The van der Waals surface area contributed by atoms with Crippen molar-refractivity contribution in [2.75, 3.05) is 0 Å². The van der Waals surface area contributed by atoms with Crippen LogP contribution in [0, 0.1) is 11.3 Å². The molecule has 2 rings (SSSR count). The van der Waals surface area contributed by atoms with Crippen molar-refractivity contribution < 1.29 is 0 Å². The Balaban J connectivity index is 2.47. The van der Waals surface area contributed by atoms with Gasteiger partial charge in [-0.2, -0.15) is 5.26 Å². The molecule has 68 valence electrons. The molecular weight excluding hydrogens is 212 g/mol. The monoisotopic (exact) mass is 218 g/mol. The molecule has 1 aromatic carbocycles. The summed E-state index contributed by atoms with van der Waals surface area (Å²) in [4.78, 5) is 4.23. The van der Waals surface area contributed by atoms with Crippen LogP contribution in [0.15, 0.2) is 34.0 Å². The minimum absolute atomic E-state index is 0.649. The highest BCUT2D eigenvalue weighted by Gasteiger charge is 2.02. The first-order valence-corrected chi connectivity index (χ1v) is 5.27. The number of nitriles is 1. The molecule has 0 amide bonds. The molecule has 14 heavy (non-hydrogen) atoms. The second kappa shape index (κ2) is 3.82. The highest BCUT2D eigenvalue weighted by molar-refractivity contribution is 7.82. The molecule has 0 radical (unpaired) electrons. The quantitative estimate of drug-likeness (QED) is 0.747. The van der Waals surface area contributed by atoms with Gasteiger partial charge in [0.1, 0.15) is 4.34 Å². The van der Waals surface area contributed by atoms with E-state index in [1.165, 1.54) is 11.3 Å². The van der Waals surface area contributed by atoms with Crippen molar-refractivity contribution in [3.63, 3.8) is 0 Å². The Morgan fingerprint density at radius 2 is 2.29 bits per heavy atom. The van der Waals surface area contributed by atoms with Gasteiger partial charge in [0.15, 0.2) is 0 Å². The first-order chi connectivity index (χ1) is 6.79. The van der Waals surface area contributed by atoms with E-state index in [9.17, 15) is 0 Å². The van der Waals surface area contributed by atoms with Gasteiger partial charge in [-0.25, -0.2) is 4.98 Å². The molecule has 2 aromatic rings. The first-order valence-electron chi connectivity index (χ1n) is 3.94. The van der Waals surface area contributed by atoms with Gasteiger partial charge in [-0.15, -0.1) is 24.0 Å². The Morgan fingerprint density at radius 3 is 2.93 bits per heavy atom. The Labute approximate surface area is 91.3 Å². The van der Waals surface area contributed by atoms with Crippen LogP contribution in [0.2, 0.25) is 0 Å². The van der Waals surface area contributed by atoms with Crippen molar-refractivity contribution >= 4 is 24.0 Å². The molecule has 0 fully saturated rings. The van der Waals surface area contributed by atoms with Gasteiger partial charge in [0, 0.05) is 10.9 Å². The third kappa shape index (κ3) is 1.79. The summed E-state index contributed by atoms with van der Waals surface area (Å²) in [6, 6.07) is 9.48. The molecule has 4 heteroatoms. The summed E-state index contributed by atoms with van der Waals surface area (Å²) >= 11 is 5.63. The molecule has 0 aliphatic carbocycles. The van der Waals surface area contributed by atoms with Gasteiger partial charge in [0.25, 0.3) is 0 Å². The molecule has 2 nitrogen and oxygen atoms in total. The molecule has 0 spiro atoms. The summed E-state index contributed by atoms with van der Waals surface area (Å²) in [5.74, 6) is 0. The van der Waals surface area contributed by atoms with Gasteiger partial charge in [-0.05, 0) is 12.1 Å². The van der Waals surface area contributed by atoms with Gasteiger partial charge >= 0.3 is 0 Å². The Morgan fingerprint density at radius 1 is 1.43 bits per heavy atom. The molecule has 1 heterocycles. The van der Waals surface area contributed by atoms with E-state index in [-0.39, 0.29) is 0 Å². The number of thiol groups is 1. The zero-order valence-electron chi connectivity index (χ0n) is 7.14. The molecule has 0 bridgehead atoms. The summed E-state index contributed by atoms with van der Waals surface area (Å²) in [6.45, 7) is 0. The zero-order chi connectivity index (χ0) is 9.97. The molecule has 0 unspecified atom stereocenters. The third-order valence-corrected chi connectivity index (χ3v) is 2.84. The number of hydrogen-bond acceptors (Lipinski definition) is 4. The van der Waals surface area contributed by atoms with Gasteiger partial charge in [0.2, 0.25) is 0 Å². The van der Waals surface area contributed by atoms with Crippen LogP contribution < -0.4 is 0 Å². The highest BCUT2D eigenvalue weighted by atomic mass is 32.2. The lowest BCUT2D eigenvalue weighted by molar-refractivity contribution is 1.26. The van der Waals surface area contributed by atoms with Crippen LogP contribution in [0.5, 0.6) is 0 Å². The molecule has 1 aromatic heterocycles. The second-order valence-electron chi connectivity index (χ2n) is 2.71. The van der Waals surface area contributed by atoms with Gasteiger partial charge < -0.3 is 0 Å². The lowest BCUT2D eigenvalue weighted by atomic mass is 10.1. The average molecular weight is 218 g/mol. The van der Waals surface area contributed by atoms with E-state index < -0.39 is 0 Å². The van der Waals surface area contributed by atoms with Crippen LogP contribution in [0.1, 0.15) is 5.56 Å². The van der Waals surface area contributed by atoms with Crippen LogP contribution >= 0.6 is 24.0 Å². The van der Waals surface area contributed by atoms with E-state index in [1.54, 1.807) is 6.07 Å². The summed E-state index contributed by atoms with van der Waals surface area (Å²) in [5, 5.41) is 10.7. The number of thiazole rings is 1. The van der Waals surface area contributed by atoms with Crippen LogP contribution in [-0.4, -0.2) is 4.98 Å². The van der Waals surface area contributed by atoms with Crippen LogP contribution in [0.4, 0.5) is 0 Å². The predicted molar refractivity (Wildman–Crippen MR) is 59.5 cm³/mol. The Hall–Kier alpha value is -1.31. The molecule has 0 aliphatic heterocycles. The normalized spacial score (nSPS) is 9.71. The number of benzene rings is 1. The molecule has 0 atom stereocenters. The zero-order valence-corrected chi connectivity index (χ0v) is 8.85. The summed E-state index contributed by atoms with van der Waals surface area (Å²) < 4.78 is 0.738. The Kier molecular flexibility index (Phi) is 2.53. The fourth-order valence-electron chi connectivity index (χ4n) is 1.14. The number of aromatic nitrogens is 1. The topological polar surface area (TPSA) is 36.7 Å². The van der Waals surface area contributed by atoms with Gasteiger partial charge in [0.05, 0.1) is 17.3 Å². The van der Waals surface area contributed by atoms with Crippen LogP contribution in [0.25, 0.3) is 11.3 Å². The molecule has 0 aliphatic rings. The van der Waals surface area contributed by atoms with Crippen molar-refractivity contribution in [1.29, 1.82) is 5.26 Å². The number of hydrogen-bond donors (Lipinski definition) is 1. The maximum absolute atomic E-state index is 8.73. The van der Waals surface area contributed by atoms with Crippen LogP contribution in [0.3, 0.4) is 0 Å². The number of nitrogens with zero attached hydrogens (tertiary/aromatic N) is 2. The van der Waals surface area contributed by atoms with E-state index in [0.29, 0.717) is 5.56 Å². The standard InChI is InChI=1S/C10H6N2S2/c11-5-7-2-1-3-8(4-7)9-6-14-10(13)12-9/h1-4,6H,(H,12,13). The maximum atomic E-state index is 8.73. The smallest absolute Gasteiger partial charge is 0.147 e. The highest BCUT2D eigenvalue weighted by Crippen LogP contribution is 2.23. The third-order valence-electron chi connectivity index (χ3n) is 1.78. The fraction of sp³-hybridized carbons (Fsp3) is 0. The maximum Gasteiger partial charge on any atom is 0.147 e. The van der Waals surface area contributed by atoms with Crippen molar-refractivity contribution in [3.05, 3.63) is 35.2 Å². The molecular formula is C10H6N2S2. The summed E-state index contributed by atoms with van der Waals surface area (Å²) in [7, 11) is 0. The number of rotatable bonds is 1. The van der Waals surface area contributed by atoms with E-state index >= 15 is 0 Å². The second-order valence-corrected chi connectivity index (χ2v) is 4.29. The Bertz CT molecular complexity index is 497. The summed E-state index contributed by atoms with van der Waals surface area (Å²) in [5.41, 5.74) is 2.48. The van der Waals surface area contributed by atoms with Gasteiger partial charge in [-0.3, -0.25) is 0 Å². The van der Waals surface area contributed by atoms with Crippen molar-refractivity contribution in [1.82, 2.24) is 4.98 Å². The van der Waals surface area contributed by atoms with E-state index in [1.807, 2.05) is 23.6 Å². The largest absolute Gasteiger partial charge is 0.230 e. The molecule has 0 N–H and O–H groups in total. The van der Waals surface area contributed by atoms with Crippen molar-refractivity contribution in [3.8, 4) is 17.3 Å². The minimum atomic E-state index is 0.649. The van der Waals surface area contributed by atoms with E-state index in [0.717, 1.165) is 15.6 Å². The lowest BCUT2D eigenvalue weighted by Gasteiger charge is -1.95. The minimum Gasteiger partial charge on any atom is -0.230 e. The van der Waals surface area contributed by atoms with Crippen molar-refractivity contribution in [2.45, 2.75) is 4.34 Å². The van der Waals surface area contributed by atoms with Crippen molar-refractivity contribution in [2.24, 2.45) is 0 Å². The average Bonchev–Trinajstić information content (AvgIpc) is 2.65. The predicted octanol–water partition coefficient (Wildman–Crippen LogP) is 2.97. The van der Waals surface area contributed by atoms with E-state index in [2.05, 4.69) is 23.7 Å². The SMILES string of the molecule is N#Cc1cccc(-c2csc(S)n2)c1. The molecule has 0 saturated heterocycles. The summed E-state index contributed by atoms with van der Waals surface area (Å²) in [6.07, 6.45) is 0. The fourth-order valence-corrected chi connectivity index (χ4v) is 1.97. The van der Waals surface area contributed by atoms with E-state index in [4.69, 9.17) is 5.26 Å². The molecule has 0 saturated carbocycles.